The van der Waals surface area contributed by atoms with E-state index in [0.717, 1.165) is 4.47 Å². The highest BCUT2D eigenvalue weighted by Crippen LogP contribution is 2.37. The normalized spacial score (nSPS) is 11.7. The van der Waals surface area contributed by atoms with E-state index < -0.39 is 20.5 Å². The van der Waals surface area contributed by atoms with Gasteiger partial charge in [-0.15, -0.1) is 0 Å². The van der Waals surface area contributed by atoms with Gasteiger partial charge in [-0.1, -0.05) is 39.7 Å². The van der Waals surface area contributed by atoms with Crippen LogP contribution in [-0.2, 0) is 15.6 Å². The van der Waals surface area contributed by atoms with Crippen LogP contribution in [0.15, 0.2) is 70.0 Å². The van der Waals surface area contributed by atoms with Crippen LogP contribution in [-0.4, -0.2) is 35.5 Å². The number of allylic oxidation sites excluding steroid dienone is 1. The lowest BCUT2D eigenvalue weighted by molar-refractivity contribution is 0.104. The van der Waals surface area contributed by atoms with Crippen LogP contribution in [0.4, 0.5) is 0 Å². The molecule has 6 nitrogen and oxygen atoms in total. The number of Topliss-reactive ketones (excluding diaryl/α,β-unsaturated/α-hetero) is 1. The van der Waals surface area contributed by atoms with Gasteiger partial charge in [0.2, 0.25) is 5.78 Å². The first kappa shape index (κ1) is 25.8. The average Bonchev–Trinajstić information content (AvgIpc) is 2.83. The maximum atomic E-state index is 13.6. The number of carbonyl (C=O) groups is 1. The van der Waals surface area contributed by atoms with E-state index in [4.69, 9.17) is 25.8 Å². The number of halogens is 2. The third-order valence-corrected chi connectivity index (χ3v) is 7.43. The molecule has 0 N–H and O–H groups in total. The molecule has 0 radical (unpaired) electrons. The fourth-order valence-corrected chi connectivity index (χ4v) is 5.10. The van der Waals surface area contributed by atoms with Crippen molar-refractivity contribution in [2.75, 3.05) is 21.3 Å². The third-order valence-electron chi connectivity index (χ3n) is 4.96. The van der Waals surface area contributed by atoms with E-state index in [-0.39, 0.29) is 11.3 Å². The molecule has 0 bridgehead atoms. The Morgan fingerprint density at radius 3 is 1.97 bits per heavy atom. The van der Waals surface area contributed by atoms with Gasteiger partial charge in [-0.2, -0.15) is 0 Å². The molecule has 3 aromatic carbocycles. The first-order chi connectivity index (χ1) is 16.2. The molecule has 0 aromatic heterocycles. The van der Waals surface area contributed by atoms with Crippen molar-refractivity contribution in [1.29, 1.82) is 0 Å². The zero-order valence-electron chi connectivity index (χ0n) is 18.7. The Kier molecular flexibility index (Phi) is 8.41. The molecular formula is C25H22BrClO6S. The summed E-state index contributed by atoms with van der Waals surface area (Å²) in [4.78, 5) is 13.1. The number of sulfone groups is 1. The summed E-state index contributed by atoms with van der Waals surface area (Å²) >= 11 is 9.26. The number of rotatable bonds is 9. The van der Waals surface area contributed by atoms with Gasteiger partial charge in [0.1, 0.15) is 22.2 Å². The van der Waals surface area contributed by atoms with Gasteiger partial charge in [0.05, 0.1) is 32.6 Å². The molecule has 0 saturated heterocycles. The van der Waals surface area contributed by atoms with E-state index in [0.29, 0.717) is 33.4 Å². The Morgan fingerprint density at radius 2 is 1.47 bits per heavy atom. The summed E-state index contributed by atoms with van der Waals surface area (Å²) in [6.45, 7) is 0. The molecule has 178 valence electrons. The number of benzene rings is 3. The van der Waals surface area contributed by atoms with Crippen LogP contribution in [0.25, 0.3) is 6.08 Å². The van der Waals surface area contributed by atoms with E-state index >= 15 is 0 Å². The number of ether oxygens (including phenoxy) is 3. The second kappa shape index (κ2) is 11.1. The van der Waals surface area contributed by atoms with Gasteiger partial charge in [0.15, 0.2) is 9.84 Å². The van der Waals surface area contributed by atoms with E-state index in [1.54, 1.807) is 60.7 Å². The highest BCUT2D eigenvalue weighted by Gasteiger charge is 2.28. The van der Waals surface area contributed by atoms with Crippen molar-refractivity contribution in [3.63, 3.8) is 0 Å². The number of carbonyl (C=O) groups excluding carboxylic acids is 1. The quantitative estimate of drug-likeness (QED) is 0.235. The molecule has 0 amide bonds. The van der Waals surface area contributed by atoms with Crippen molar-refractivity contribution < 1.29 is 27.4 Å². The van der Waals surface area contributed by atoms with Crippen molar-refractivity contribution in [3.05, 3.63) is 91.8 Å². The SMILES string of the molecule is COc1cc(OC)c(/C=C(\C(=O)c2ccc(Br)cc2)S(=O)(=O)Cc2ccc(Cl)cc2)c(OC)c1. The van der Waals surface area contributed by atoms with E-state index in [1.165, 1.54) is 27.4 Å². The lowest BCUT2D eigenvalue weighted by Gasteiger charge is -2.15. The van der Waals surface area contributed by atoms with Crippen LogP contribution in [0.3, 0.4) is 0 Å². The second-order valence-electron chi connectivity index (χ2n) is 7.18. The molecule has 34 heavy (non-hydrogen) atoms. The van der Waals surface area contributed by atoms with Crippen LogP contribution in [0.2, 0.25) is 5.02 Å². The summed E-state index contributed by atoms with van der Waals surface area (Å²) in [6, 6.07) is 16.0. The number of methoxy groups -OCH3 is 3. The molecule has 0 fully saturated rings. The van der Waals surface area contributed by atoms with Gasteiger partial charge in [-0.3, -0.25) is 4.79 Å². The van der Waals surface area contributed by atoms with Crippen LogP contribution in [0.5, 0.6) is 17.2 Å². The Labute approximate surface area is 212 Å². The maximum Gasteiger partial charge on any atom is 0.204 e. The lowest BCUT2D eigenvalue weighted by atomic mass is 10.1. The van der Waals surface area contributed by atoms with Crippen molar-refractivity contribution in [3.8, 4) is 17.2 Å². The summed E-state index contributed by atoms with van der Waals surface area (Å²) in [7, 11) is 0.263. The van der Waals surface area contributed by atoms with Crippen molar-refractivity contribution in [2.45, 2.75) is 5.75 Å². The summed E-state index contributed by atoms with van der Waals surface area (Å²) in [5.41, 5.74) is 1.01. The standard InChI is InChI=1S/C25H22BrClO6S/c1-31-20-12-22(32-2)21(23(13-20)33-3)14-24(25(28)17-6-8-18(26)9-7-17)34(29,30)15-16-4-10-19(27)11-5-16/h4-14H,15H2,1-3H3/b24-14+. The minimum absolute atomic E-state index is 0.223. The van der Waals surface area contributed by atoms with Crippen molar-refractivity contribution in [1.82, 2.24) is 0 Å². The number of hydrogen-bond acceptors (Lipinski definition) is 6. The lowest BCUT2D eigenvalue weighted by Crippen LogP contribution is -2.16. The monoisotopic (exact) mass is 564 g/mol. The molecule has 0 aliphatic carbocycles. The molecule has 9 heteroatoms. The Hall–Kier alpha value is -2.81. The fourth-order valence-electron chi connectivity index (χ4n) is 3.22. The highest BCUT2D eigenvalue weighted by molar-refractivity contribution is 9.10. The third kappa shape index (κ3) is 6.00. The van der Waals surface area contributed by atoms with Crippen molar-refractivity contribution >= 4 is 49.2 Å². The van der Waals surface area contributed by atoms with Gasteiger partial charge in [0.25, 0.3) is 0 Å². The Bertz CT molecular complexity index is 1290. The first-order valence-corrected chi connectivity index (χ1v) is 12.8. The average molecular weight is 566 g/mol. The molecule has 0 heterocycles. The van der Waals surface area contributed by atoms with Gasteiger partial charge >= 0.3 is 0 Å². The molecule has 0 aliphatic heterocycles. The molecule has 3 rings (SSSR count). The fraction of sp³-hybridized carbons (Fsp3) is 0.160. The minimum atomic E-state index is -4.10. The molecule has 0 saturated carbocycles. The van der Waals surface area contributed by atoms with E-state index in [9.17, 15) is 13.2 Å². The summed E-state index contributed by atoms with van der Waals surface area (Å²) < 4.78 is 44.0. The minimum Gasteiger partial charge on any atom is -0.496 e. The summed E-state index contributed by atoms with van der Waals surface area (Å²) in [5.74, 6) is -0.00553. The number of hydrogen-bond donors (Lipinski definition) is 0. The summed E-state index contributed by atoms with van der Waals surface area (Å²) in [5, 5.41) is 0.482. The predicted octanol–water partition coefficient (Wildman–Crippen LogP) is 5.97. The van der Waals surface area contributed by atoms with Crippen LogP contribution in [0.1, 0.15) is 21.5 Å². The van der Waals surface area contributed by atoms with Gasteiger partial charge in [-0.25, -0.2) is 8.42 Å². The van der Waals surface area contributed by atoms with Crippen molar-refractivity contribution in [2.24, 2.45) is 0 Å². The van der Waals surface area contributed by atoms with Gasteiger partial charge < -0.3 is 14.2 Å². The number of ketones is 1. The molecular weight excluding hydrogens is 544 g/mol. The molecule has 0 unspecified atom stereocenters. The Balaban J connectivity index is 2.21. The largest absolute Gasteiger partial charge is 0.496 e. The molecule has 0 atom stereocenters. The topological polar surface area (TPSA) is 78.9 Å². The molecule has 3 aromatic rings. The van der Waals surface area contributed by atoms with E-state index in [2.05, 4.69) is 15.9 Å². The molecule has 0 aliphatic rings. The smallest absolute Gasteiger partial charge is 0.204 e. The van der Waals surface area contributed by atoms with Crippen LogP contribution >= 0.6 is 27.5 Å². The van der Waals surface area contributed by atoms with Gasteiger partial charge in [0, 0.05) is 27.2 Å². The zero-order chi connectivity index (χ0) is 24.9. The predicted molar refractivity (Wildman–Crippen MR) is 137 cm³/mol. The molecule has 0 spiro atoms. The highest BCUT2D eigenvalue weighted by atomic mass is 79.9. The second-order valence-corrected chi connectivity index (χ2v) is 10.5. The maximum absolute atomic E-state index is 13.6. The summed E-state index contributed by atoms with van der Waals surface area (Å²) in [6.07, 6.45) is 1.28. The van der Waals surface area contributed by atoms with E-state index in [1.807, 2.05) is 0 Å². The Morgan fingerprint density at radius 1 is 0.912 bits per heavy atom. The van der Waals surface area contributed by atoms with Gasteiger partial charge in [-0.05, 0) is 48.0 Å². The van der Waals surface area contributed by atoms with Crippen LogP contribution in [0, 0.1) is 0 Å². The zero-order valence-corrected chi connectivity index (χ0v) is 21.8. The first-order valence-electron chi connectivity index (χ1n) is 9.97. The van der Waals surface area contributed by atoms with Crippen LogP contribution < -0.4 is 14.2 Å².